The predicted octanol–water partition coefficient (Wildman–Crippen LogP) is 0.798. The third kappa shape index (κ3) is 1.80. The van der Waals surface area contributed by atoms with Gasteiger partial charge in [-0.3, -0.25) is 9.59 Å². The molecule has 0 bridgehead atoms. The molecule has 1 saturated heterocycles. The summed E-state index contributed by atoms with van der Waals surface area (Å²) in [5.74, 6) is -1.12. The first-order valence-corrected chi connectivity index (χ1v) is 5.66. The van der Waals surface area contributed by atoms with Crippen molar-refractivity contribution in [2.24, 2.45) is 0 Å². The molecule has 1 unspecified atom stereocenters. The molecule has 0 aromatic carbocycles. The van der Waals surface area contributed by atoms with Crippen molar-refractivity contribution in [1.29, 1.82) is 0 Å². The van der Waals surface area contributed by atoms with E-state index in [9.17, 15) is 9.59 Å². The molecule has 14 heavy (non-hydrogen) atoms. The van der Waals surface area contributed by atoms with Gasteiger partial charge in [-0.25, -0.2) is 0 Å². The fraction of sp³-hybridized carbons (Fsp3) is 0.250. The van der Waals surface area contributed by atoms with Crippen molar-refractivity contribution in [3.05, 3.63) is 20.8 Å². The van der Waals surface area contributed by atoms with Gasteiger partial charge >= 0.3 is 11.8 Å². The molecule has 1 atom stereocenters. The molecule has 2 amide bonds. The lowest BCUT2D eigenvalue weighted by atomic mass is 10.2. The maximum absolute atomic E-state index is 11.1. The lowest BCUT2D eigenvalue weighted by Crippen LogP contribution is -2.51. The third-order valence-electron chi connectivity index (χ3n) is 1.91. The maximum Gasteiger partial charge on any atom is 0.309 e. The van der Waals surface area contributed by atoms with Crippen LogP contribution >= 0.6 is 27.3 Å². The molecule has 0 saturated carbocycles. The molecule has 0 spiro atoms. The van der Waals surface area contributed by atoms with Crippen LogP contribution in [0.25, 0.3) is 0 Å². The summed E-state index contributed by atoms with van der Waals surface area (Å²) >= 11 is 4.88. The second kappa shape index (κ2) is 3.70. The number of hydrogen-bond acceptors (Lipinski definition) is 3. The minimum atomic E-state index is -0.564. The van der Waals surface area contributed by atoms with E-state index in [1.165, 1.54) is 0 Å². The van der Waals surface area contributed by atoms with Crippen molar-refractivity contribution in [2.75, 3.05) is 6.54 Å². The van der Waals surface area contributed by atoms with Crippen molar-refractivity contribution in [2.45, 2.75) is 6.04 Å². The smallest absolute Gasteiger partial charge is 0.309 e. The van der Waals surface area contributed by atoms with E-state index in [-0.39, 0.29) is 6.04 Å². The summed E-state index contributed by atoms with van der Waals surface area (Å²) in [4.78, 5) is 22.9. The van der Waals surface area contributed by atoms with Gasteiger partial charge in [0.05, 0.1) is 6.04 Å². The normalized spacial score (nSPS) is 21.6. The quantitative estimate of drug-likeness (QED) is 0.745. The van der Waals surface area contributed by atoms with E-state index in [2.05, 4.69) is 26.6 Å². The molecule has 1 aromatic rings. The van der Waals surface area contributed by atoms with Gasteiger partial charge in [-0.05, 0) is 22.0 Å². The van der Waals surface area contributed by atoms with Crippen LogP contribution in [0.3, 0.4) is 0 Å². The SMILES string of the molecule is O=C1NCC(c2cc(Br)cs2)NC1=O. The van der Waals surface area contributed by atoms with E-state index in [4.69, 9.17) is 0 Å². The Morgan fingerprint density at radius 2 is 2.21 bits per heavy atom. The number of piperazine rings is 1. The molecule has 0 radical (unpaired) electrons. The fourth-order valence-electron chi connectivity index (χ4n) is 1.23. The number of carbonyl (C=O) groups excluding carboxylic acids is 2. The molecule has 6 heteroatoms. The molecule has 2 heterocycles. The number of nitrogens with one attached hydrogen (secondary N) is 2. The van der Waals surface area contributed by atoms with Gasteiger partial charge in [-0.2, -0.15) is 0 Å². The van der Waals surface area contributed by atoms with Gasteiger partial charge in [0.1, 0.15) is 0 Å². The highest BCUT2D eigenvalue weighted by molar-refractivity contribution is 9.10. The molecule has 1 aromatic heterocycles. The molecule has 1 aliphatic heterocycles. The summed E-state index contributed by atoms with van der Waals surface area (Å²) in [5, 5.41) is 7.11. The molecule has 1 fully saturated rings. The van der Waals surface area contributed by atoms with E-state index in [0.29, 0.717) is 6.54 Å². The molecule has 1 aliphatic rings. The molecule has 0 aliphatic carbocycles. The van der Waals surface area contributed by atoms with Crippen molar-refractivity contribution in [3.8, 4) is 0 Å². The van der Waals surface area contributed by atoms with Gasteiger partial charge in [0.25, 0.3) is 0 Å². The third-order valence-corrected chi connectivity index (χ3v) is 3.72. The maximum atomic E-state index is 11.1. The highest BCUT2D eigenvalue weighted by atomic mass is 79.9. The zero-order valence-corrected chi connectivity index (χ0v) is 9.44. The van der Waals surface area contributed by atoms with Gasteiger partial charge in [-0.15, -0.1) is 11.3 Å². The lowest BCUT2D eigenvalue weighted by molar-refractivity contribution is -0.141. The van der Waals surface area contributed by atoms with Crippen LogP contribution in [0.4, 0.5) is 0 Å². The van der Waals surface area contributed by atoms with Crippen molar-refractivity contribution in [1.82, 2.24) is 10.6 Å². The summed E-state index contributed by atoms with van der Waals surface area (Å²) in [6.07, 6.45) is 0. The topological polar surface area (TPSA) is 58.2 Å². The van der Waals surface area contributed by atoms with Gasteiger partial charge in [-0.1, -0.05) is 0 Å². The Hall–Kier alpha value is -0.880. The van der Waals surface area contributed by atoms with E-state index in [0.717, 1.165) is 9.35 Å². The average molecular weight is 275 g/mol. The molecular formula is C8H7BrN2O2S. The summed E-state index contributed by atoms with van der Waals surface area (Å²) in [7, 11) is 0. The van der Waals surface area contributed by atoms with E-state index < -0.39 is 11.8 Å². The van der Waals surface area contributed by atoms with Crippen LogP contribution in [0.1, 0.15) is 10.9 Å². The lowest BCUT2D eigenvalue weighted by Gasteiger charge is -2.22. The fourth-order valence-corrected chi connectivity index (χ4v) is 2.73. The molecule has 4 nitrogen and oxygen atoms in total. The first-order chi connectivity index (χ1) is 6.66. The van der Waals surface area contributed by atoms with Crippen LogP contribution < -0.4 is 10.6 Å². The number of thiophene rings is 1. The first kappa shape index (κ1) is 9.67. The standard InChI is InChI=1S/C8H7BrN2O2S/c9-4-1-6(14-3-4)5-2-10-7(12)8(13)11-5/h1,3,5H,2H2,(H,10,12)(H,11,13). The largest absolute Gasteiger partial charge is 0.345 e. The van der Waals surface area contributed by atoms with E-state index >= 15 is 0 Å². The molecule has 74 valence electrons. The Morgan fingerprint density at radius 3 is 2.79 bits per heavy atom. The van der Waals surface area contributed by atoms with Crippen molar-refractivity contribution in [3.63, 3.8) is 0 Å². The second-order valence-electron chi connectivity index (χ2n) is 2.90. The van der Waals surface area contributed by atoms with Gasteiger partial charge in [0.2, 0.25) is 0 Å². The van der Waals surface area contributed by atoms with Gasteiger partial charge < -0.3 is 10.6 Å². The number of carbonyl (C=O) groups is 2. The Kier molecular flexibility index (Phi) is 2.56. The predicted molar refractivity (Wildman–Crippen MR) is 55.9 cm³/mol. The van der Waals surface area contributed by atoms with Gasteiger partial charge in [0, 0.05) is 21.3 Å². The van der Waals surface area contributed by atoms with Gasteiger partial charge in [0.15, 0.2) is 0 Å². The molecule has 2 N–H and O–H groups in total. The van der Waals surface area contributed by atoms with Crippen LogP contribution in [-0.2, 0) is 9.59 Å². The molecular weight excluding hydrogens is 268 g/mol. The Balaban J connectivity index is 2.14. The average Bonchev–Trinajstić information content (AvgIpc) is 2.57. The number of halogens is 1. The van der Waals surface area contributed by atoms with Crippen LogP contribution in [0.2, 0.25) is 0 Å². The van der Waals surface area contributed by atoms with Crippen molar-refractivity contribution < 1.29 is 9.59 Å². The van der Waals surface area contributed by atoms with Crippen molar-refractivity contribution >= 4 is 39.1 Å². The summed E-state index contributed by atoms with van der Waals surface area (Å²) in [6.45, 7) is 0.456. The highest BCUT2D eigenvalue weighted by Crippen LogP contribution is 2.25. The number of amides is 2. The zero-order chi connectivity index (χ0) is 10.1. The Morgan fingerprint density at radius 1 is 1.43 bits per heavy atom. The summed E-state index contributed by atoms with van der Waals surface area (Å²) < 4.78 is 0.989. The van der Waals surface area contributed by atoms with Crippen LogP contribution in [0.15, 0.2) is 15.9 Å². The Labute approximate surface area is 92.8 Å². The summed E-state index contributed by atoms with van der Waals surface area (Å²) in [5.41, 5.74) is 0. The highest BCUT2D eigenvalue weighted by Gasteiger charge is 2.26. The van der Waals surface area contributed by atoms with E-state index in [1.54, 1.807) is 11.3 Å². The summed E-state index contributed by atoms with van der Waals surface area (Å²) in [6, 6.07) is 1.84. The monoisotopic (exact) mass is 274 g/mol. The number of rotatable bonds is 1. The Bertz CT molecular complexity index is 390. The van der Waals surface area contributed by atoms with E-state index in [1.807, 2.05) is 11.4 Å². The molecule has 2 rings (SSSR count). The van der Waals surface area contributed by atoms with Crippen LogP contribution in [-0.4, -0.2) is 18.4 Å². The van der Waals surface area contributed by atoms with Crippen LogP contribution in [0.5, 0.6) is 0 Å². The zero-order valence-electron chi connectivity index (χ0n) is 7.04. The van der Waals surface area contributed by atoms with Crippen LogP contribution in [0, 0.1) is 0 Å². The number of hydrogen-bond donors (Lipinski definition) is 2. The minimum Gasteiger partial charge on any atom is -0.345 e. The second-order valence-corrected chi connectivity index (χ2v) is 4.76. The minimum absolute atomic E-state index is 0.100. The first-order valence-electron chi connectivity index (χ1n) is 3.99.